The fourth-order valence-corrected chi connectivity index (χ4v) is 1.84. The number of aliphatic hydroxyl groups is 1. The Morgan fingerprint density at radius 3 is 2.57 bits per heavy atom. The van der Waals surface area contributed by atoms with Crippen molar-refractivity contribution in [1.82, 2.24) is 0 Å². The predicted molar refractivity (Wildman–Crippen MR) is 82.9 cm³/mol. The Bertz CT molecular complexity index is 478. The van der Waals surface area contributed by atoms with E-state index in [0.29, 0.717) is 18.5 Å². The molecule has 0 aliphatic rings. The summed E-state index contributed by atoms with van der Waals surface area (Å²) >= 11 is 0. The number of aliphatic hydroxyl groups excluding tert-OH is 1. The zero-order valence-electron chi connectivity index (χ0n) is 13.4. The minimum atomic E-state index is -0.536. The van der Waals surface area contributed by atoms with E-state index in [0.717, 1.165) is 11.3 Å². The second-order valence-corrected chi connectivity index (χ2v) is 6.04. The van der Waals surface area contributed by atoms with Gasteiger partial charge >= 0.3 is 6.09 Å². The van der Waals surface area contributed by atoms with Gasteiger partial charge in [0.2, 0.25) is 0 Å². The van der Waals surface area contributed by atoms with E-state index in [9.17, 15) is 9.90 Å². The molecule has 1 amide bonds. The summed E-state index contributed by atoms with van der Waals surface area (Å²) in [4.78, 5) is 11.8. The lowest BCUT2D eigenvalue weighted by Crippen LogP contribution is -2.27. The minimum Gasteiger partial charge on any atom is -0.496 e. The first-order valence-electron chi connectivity index (χ1n) is 7.06. The predicted octanol–water partition coefficient (Wildman–Crippen LogP) is 3.36. The molecule has 0 aliphatic carbocycles. The van der Waals surface area contributed by atoms with Crippen molar-refractivity contribution >= 4 is 11.8 Å². The number of benzene rings is 1. The Morgan fingerprint density at radius 2 is 2.05 bits per heavy atom. The molecule has 0 aliphatic heterocycles. The highest BCUT2D eigenvalue weighted by Crippen LogP contribution is 2.24. The van der Waals surface area contributed by atoms with E-state index < -0.39 is 11.7 Å². The van der Waals surface area contributed by atoms with E-state index in [4.69, 9.17) is 9.47 Å². The highest BCUT2D eigenvalue weighted by Gasteiger charge is 2.16. The largest absolute Gasteiger partial charge is 0.496 e. The maximum Gasteiger partial charge on any atom is 0.412 e. The van der Waals surface area contributed by atoms with Crippen LogP contribution in [-0.4, -0.2) is 30.0 Å². The summed E-state index contributed by atoms with van der Waals surface area (Å²) in [7, 11) is 1.60. The molecule has 0 saturated carbocycles. The quantitative estimate of drug-likeness (QED) is 0.874. The number of aryl methyl sites for hydroxylation is 1. The molecule has 5 nitrogen and oxygen atoms in total. The monoisotopic (exact) mass is 295 g/mol. The van der Waals surface area contributed by atoms with Crippen LogP contribution >= 0.6 is 0 Å². The van der Waals surface area contributed by atoms with Crippen LogP contribution in [0.5, 0.6) is 5.75 Å². The smallest absolute Gasteiger partial charge is 0.412 e. The van der Waals surface area contributed by atoms with Crippen molar-refractivity contribution in [2.45, 2.75) is 52.2 Å². The van der Waals surface area contributed by atoms with Gasteiger partial charge in [-0.15, -0.1) is 0 Å². The van der Waals surface area contributed by atoms with Crippen LogP contribution in [0.15, 0.2) is 18.2 Å². The Kier molecular flexibility index (Phi) is 6.03. The molecule has 0 fully saturated rings. The summed E-state index contributed by atoms with van der Waals surface area (Å²) < 4.78 is 10.5. The number of rotatable bonds is 5. The summed E-state index contributed by atoms with van der Waals surface area (Å²) in [6.07, 6.45) is 0.433. The molecule has 0 heterocycles. The summed E-state index contributed by atoms with van der Waals surface area (Å²) in [6.45, 7) is 7.19. The van der Waals surface area contributed by atoms with Crippen molar-refractivity contribution in [3.05, 3.63) is 23.8 Å². The zero-order valence-corrected chi connectivity index (χ0v) is 13.4. The van der Waals surface area contributed by atoms with Gasteiger partial charge in [0.25, 0.3) is 0 Å². The third-order valence-corrected chi connectivity index (χ3v) is 2.76. The van der Waals surface area contributed by atoms with E-state index in [-0.39, 0.29) is 6.10 Å². The summed E-state index contributed by atoms with van der Waals surface area (Å²) in [5, 5.41) is 12.1. The number of carbonyl (C=O) groups is 1. The van der Waals surface area contributed by atoms with Crippen LogP contribution in [0.3, 0.4) is 0 Å². The van der Waals surface area contributed by atoms with Crippen LogP contribution in [0.2, 0.25) is 0 Å². The Labute approximate surface area is 126 Å². The average Bonchev–Trinajstić information content (AvgIpc) is 2.34. The van der Waals surface area contributed by atoms with Gasteiger partial charge in [0.1, 0.15) is 11.4 Å². The molecular weight excluding hydrogens is 270 g/mol. The second kappa shape index (κ2) is 7.31. The van der Waals surface area contributed by atoms with Crippen molar-refractivity contribution in [2.24, 2.45) is 0 Å². The van der Waals surface area contributed by atoms with E-state index in [1.807, 2.05) is 26.8 Å². The van der Waals surface area contributed by atoms with Crippen molar-refractivity contribution in [3.63, 3.8) is 0 Å². The SMILES string of the molecule is COc1ccc(NC(=O)OC(C)(C)C)cc1CC[C@H](C)O. The van der Waals surface area contributed by atoms with E-state index >= 15 is 0 Å². The molecule has 0 radical (unpaired) electrons. The zero-order chi connectivity index (χ0) is 16.0. The number of hydrogen-bond acceptors (Lipinski definition) is 4. The Hall–Kier alpha value is -1.75. The molecule has 2 N–H and O–H groups in total. The van der Waals surface area contributed by atoms with Crippen LogP contribution in [0.4, 0.5) is 10.5 Å². The molecule has 1 rings (SSSR count). The fourth-order valence-electron chi connectivity index (χ4n) is 1.84. The van der Waals surface area contributed by atoms with Crippen molar-refractivity contribution < 1.29 is 19.4 Å². The molecule has 118 valence electrons. The average molecular weight is 295 g/mol. The number of methoxy groups -OCH3 is 1. The summed E-state index contributed by atoms with van der Waals surface area (Å²) in [6, 6.07) is 5.39. The van der Waals surface area contributed by atoms with E-state index in [1.54, 1.807) is 26.2 Å². The molecule has 0 bridgehead atoms. The van der Waals surface area contributed by atoms with Crippen molar-refractivity contribution in [3.8, 4) is 5.75 Å². The van der Waals surface area contributed by atoms with Crippen LogP contribution in [0.25, 0.3) is 0 Å². The highest BCUT2D eigenvalue weighted by molar-refractivity contribution is 5.85. The first-order valence-corrected chi connectivity index (χ1v) is 7.06. The number of amides is 1. The van der Waals surface area contributed by atoms with Gasteiger partial charge in [0, 0.05) is 5.69 Å². The third-order valence-electron chi connectivity index (χ3n) is 2.76. The lowest BCUT2D eigenvalue weighted by atomic mass is 10.1. The van der Waals surface area contributed by atoms with Crippen molar-refractivity contribution in [2.75, 3.05) is 12.4 Å². The van der Waals surface area contributed by atoms with Gasteiger partial charge in [-0.2, -0.15) is 0 Å². The molecule has 1 atom stereocenters. The maximum atomic E-state index is 11.8. The number of carbonyl (C=O) groups excluding carboxylic acids is 1. The van der Waals surface area contributed by atoms with Gasteiger partial charge in [-0.3, -0.25) is 5.32 Å². The van der Waals surface area contributed by atoms with Gasteiger partial charge in [0.05, 0.1) is 13.2 Å². The molecule has 5 heteroatoms. The molecule has 21 heavy (non-hydrogen) atoms. The Morgan fingerprint density at radius 1 is 1.38 bits per heavy atom. The highest BCUT2D eigenvalue weighted by atomic mass is 16.6. The van der Waals surface area contributed by atoms with E-state index in [1.165, 1.54) is 0 Å². The van der Waals surface area contributed by atoms with Crippen LogP contribution < -0.4 is 10.1 Å². The van der Waals surface area contributed by atoms with Crippen LogP contribution in [-0.2, 0) is 11.2 Å². The summed E-state index contributed by atoms with van der Waals surface area (Å²) in [5.74, 6) is 0.741. The molecule has 0 unspecified atom stereocenters. The third kappa shape index (κ3) is 6.49. The molecule has 0 spiro atoms. The standard InChI is InChI=1S/C16H25NO4/c1-11(18)6-7-12-10-13(8-9-14(12)20-5)17-15(19)21-16(2,3)4/h8-11,18H,6-7H2,1-5H3,(H,17,19)/t11-/m0/s1. The molecule has 0 aromatic heterocycles. The number of nitrogens with one attached hydrogen (secondary N) is 1. The number of ether oxygens (including phenoxy) is 2. The lowest BCUT2D eigenvalue weighted by Gasteiger charge is -2.20. The summed E-state index contributed by atoms with van der Waals surface area (Å²) in [5.41, 5.74) is 1.05. The molecule has 0 saturated heterocycles. The lowest BCUT2D eigenvalue weighted by molar-refractivity contribution is 0.0636. The second-order valence-electron chi connectivity index (χ2n) is 6.04. The molecule has 1 aromatic carbocycles. The van der Waals surface area contributed by atoms with Gasteiger partial charge in [-0.25, -0.2) is 4.79 Å². The topological polar surface area (TPSA) is 67.8 Å². The van der Waals surface area contributed by atoms with Gasteiger partial charge in [0.15, 0.2) is 0 Å². The van der Waals surface area contributed by atoms with Crippen LogP contribution in [0, 0.1) is 0 Å². The molecular formula is C16H25NO4. The van der Waals surface area contributed by atoms with E-state index in [2.05, 4.69) is 5.32 Å². The number of hydrogen-bond donors (Lipinski definition) is 2. The van der Waals surface area contributed by atoms with Gasteiger partial charge in [-0.1, -0.05) is 0 Å². The van der Waals surface area contributed by atoms with Crippen LogP contribution in [0.1, 0.15) is 39.7 Å². The first-order chi connectivity index (χ1) is 9.71. The minimum absolute atomic E-state index is 0.378. The van der Waals surface area contributed by atoms with Crippen molar-refractivity contribution in [1.29, 1.82) is 0 Å². The molecule has 1 aromatic rings. The van der Waals surface area contributed by atoms with Gasteiger partial charge in [-0.05, 0) is 64.3 Å². The maximum absolute atomic E-state index is 11.8. The fraction of sp³-hybridized carbons (Fsp3) is 0.562. The normalized spacial score (nSPS) is 12.7. The Balaban J connectivity index is 2.79. The number of anilines is 1. The van der Waals surface area contributed by atoms with Gasteiger partial charge < -0.3 is 14.6 Å². The first kappa shape index (κ1) is 17.3.